The first-order chi connectivity index (χ1) is 4.68. The fourth-order valence-corrected chi connectivity index (χ4v) is 0.517. The molecule has 0 saturated heterocycles. The van der Waals surface area contributed by atoms with Gasteiger partial charge in [0.25, 0.3) is 0 Å². The average molecular weight is 141 g/mol. The van der Waals surface area contributed by atoms with Gasteiger partial charge in [0.1, 0.15) is 5.82 Å². The van der Waals surface area contributed by atoms with E-state index < -0.39 is 5.97 Å². The predicted molar refractivity (Wildman–Crippen MR) is 34.3 cm³/mol. The van der Waals surface area contributed by atoms with Crippen molar-refractivity contribution in [2.75, 3.05) is 5.73 Å². The van der Waals surface area contributed by atoms with Crippen LogP contribution in [0.15, 0.2) is 6.07 Å². The van der Waals surface area contributed by atoms with Crippen molar-refractivity contribution < 1.29 is 9.53 Å². The number of esters is 1. The van der Waals surface area contributed by atoms with Crippen LogP contribution in [0, 0.1) is 0 Å². The maximum Gasteiger partial charge on any atom is 0.309 e. The third-order valence-corrected chi connectivity index (χ3v) is 0.822. The van der Waals surface area contributed by atoms with Crippen LogP contribution in [0.3, 0.4) is 0 Å². The molecule has 1 heterocycles. The molecule has 0 aliphatic carbocycles. The van der Waals surface area contributed by atoms with Gasteiger partial charge in [-0.25, -0.2) is 0 Å². The molecule has 0 unspecified atom stereocenters. The summed E-state index contributed by atoms with van der Waals surface area (Å²) in [7, 11) is 0. The molecular formula is C5H7N3O2. The monoisotopic (exact) mass is 141 g/mol. The van der Waals surface area contributed by atoms with Crippen LogP contribution in [0.5, 0.6) is 5.88 Å². The summed E-state index contributed by atoms with van der Waals surface area (Å²) in [6.45, 7) is 1.30. The highest BCUT2D eigenvalue weighted by Crippen LogP contribution is 2.08. The quantitative estimate of drug-likeness (QED) is 0.536. The van der Waals surface area contributed by atoms with Gasteiger partial charge in [0.2, 0.25) is 5.88 Å². The largest absolute Gasteiger partial charge is 0.406 e. The molecule has 0 bridgehead atoms. The van der Waals surface area contributed by atoms with Crippen molar-refractivity contribution in [2.24, 2.45) is 0 Å². The number of rotatable bonds is 1. The summed E-state index contributed by atoms with van der Waals surface area (Å²) in [6, 6.07) is 1.43. The molecule has 0 saturated carbocycles. The lowest BCUT2D eigenvalue weighted by Crippen LogP contribution is -2.01. The van der Waals surface area contributed by atoms with Crippen molar-refractivity contribution >= 4 is 11.8 Å². The van der Waals surface area contributed by atoms with Gasteiger partial charge in [-0.05, 0) is 0 Å². The van der Waals surface area contributed by atoms with Gasteiger partial charge in [0, 0.05) is 13.0 Å². The van der Waals surface area contributed by atoms with Crippen LogP contribution in [0.4, 0.5) is 5.82 Å². The molecule has 5 nitrogen and oxygen atoms in total. The molecule has 0 spiro atoms. The molecule has 0 amide bonds. The standard InChI is InChI=1S/C5H7N3O2/c1-3(9)10-5-2-4(6)7-8-5/h2H,1H3,(H3,6,7,8). The Morgan fingerprint density at radius 2 is 2.60 bits per heavy atom. The molecule has 10 heavy (non-hydrogen) atoms. The summed E-state index contributed by atoms with van der Waals surface area (Å²) in [5.74, 6) is 0.160. The zero-order valence-electron chi connectivity index (χ0n) is 5.42. The first-order valence-electron chi connectivity index (χ1n) is 2.68. The summed E-state index contributed by atoms with van der Waals surface area (Å²) >= 11 is 0. The van der Waals surface area contributed by atoms with Gasteiger partial charge in [-0.1, -0.05) is 0 Å². The minimum atomic E-state index is -0.411. The highest BCUT2D eigenvalue weighted by molar-refractivity contribution is 5.68. The molecular weight excluding hydrogens is 134 g/mol. The van der Waals surface area contributed by atoms with Crippen LogP contribution in [-0.4, -0.2) is 16.2 Å². The van der Waals surface area contributed by atoms with Crippen LogP contribution in [0.2, 0.25) is 0 Å². The van der Waals surface area contributed by atoms with E-state index in [1.165, 1.54) is 13.0 Å². The van der Waals surface area contributed by atoms with Crippen LogP contribution in [0.1, 0.15) is 6.92 Å². The number of nitrogens with zero attached hydrogens (tertiary/aromatic N) is 1. The number of H-pyrrole nitrogens is 1. The Hall–Kier alpha value is -1.52. The van der Waals surface area contributed by atoms with Gasteiger partial charge >= 0.3 is 5.97 Å². The molecule has 1 aromatic heterocycles. The van der Waals surface area contributed by atoms with Gasteiger partial charge in [-0.15, -0.1) is 5.10 Å². The third kappa shape index (κ3) is 1.48. The Labute approximate surface area is 57.2 Å². The van der Waals surface area contributed by atoms with Gasteiger partial charge in [0.05, 0.1) is 0 Å². The summed E-state index contributed by atoms with van der Waals surface area (Å²) in [4.78, 5) is 10.3. The molecule has 1 aromatic rings. The summed E-state index contributed by atoms with van der Waals surface area (Å²) in [5.41, 5.74) is 5.24. The fraction of sp³-hybridized carbons (Fsp3) is 0.200. The average Bonchev–Trinajstić information content (AvgIpc) is 2.13. The number of hydrogen-bond donors (Lipinski definition) is 2. The first-order valence-corrected chi connectivity index (χ1v) is 2.68. The summed E-state index contributed by atoms with van der Waals surface area (Å²) in [6.07, 6.45) is 0. The number of nitrogens with one attached hydrogen (secondary N) is 1. The minimum absolute atomic E-state index is 0.199. The number of nitrogen functional groups attached to an aromatic ring is 1. The zero-order valence-corrected chi connectivity index (χ0v) is 5.42. The molecule has 5 heteroatoms. The number of hydrogen-bond acceptors (Lipinski definition) is 4. The molecule has 3 N–H and O–H groups in total. The van der Waals surface area contributed by atoms with Crippen molar-refractivity contribution in [2.45, 2.75) is 6.92 Å². The van der Waals surface area contributed by atoms with Gasteiger partial charge in [-0.2, -0.15) is 0 Å². The van der Waals surface area contributed by atoms with Gasteiger partial charge in [-0.3, -0.25) is 9.89 Å². The van der Waals surface area contributed by atoms with E-state index in [1.807, 2.05) is 0 Å². The lowest BCUT2D eigenvalue weighted by molar-refractivity contribution is -0.132. The molecule has 0 atom stereocenters. The minimum Gasteiger partial charge on any atom is -0.406 e. The lowest BCUT2D eigenvalue weighted by Gasteiger charge is -1.90. The van der Waals surface area contributed by atoms with E-state index >= 15 is 0 Å². The van der Waals surface area contributed by atoms with Crippen LogP contribution >= 0.6 is 0 Å². The zero-order chi connectivity index (χ0) is 7.56. The molecule has 0 aliphatic rings. The van der Waals surface area contributed by atoms with Crippen molar-refractivity contribution in [3.8, 4) is 5.88 Å². The number of aromatic nitrogens is 2. The SMILES string of the molecule is CC(=O)Oc1cc(N)[nH]n1. The maximum atomic E-state index is 10.3. The molecule has 54 valence electrons. The van der Waals surface area contributed by atoms with E-state index in [0.29, 0.717) is 5.82 Å². The third-order valence-electron chi connectivity index (χ3n) is 0.822. The van der Waals surface area contributed by atoms with Crippen LogP contribution in [-0.2, 0) is 4.79 Å². The Balaban J connectivity index is 2.67. The highest BCUT2D eigenvalue weighted by atomic mass is 16.5. The van der Waals surface area contributed by atoms with E-state index in [1.54, 1.807) is 0 Å². The van der Waals surface area contributed by atoms with E-state index in [9.17, 15) is 4.79 Å². The van der Waals surface area contributed by atoms with E-state index in [4.69, 9.17) is 5.73 Å². The van der Waals surface area contributed by atoms with Crippen LogP contribution in [0.25, 0.3) is 0 Å². The number of ether oxygens (including phenoxy) is 1. The molecule has 1 rings (SSSR count). The van der Waals surface area contributed by atoms with Gasteiger partial charge < -0.3 is 10.5 Å². The Kier molecular flexibility index (Phi) is 1.57. The number of carbonyl (C=O) groups excluding carboxylic acids is 1. The Morgan fingerprint density at radius 3 is 3.00 bits per heavy atom. The second kappa shape index (κ2) is 2.38. The second-order valence-corrected chi connectivity index (χ2v) is 1.76. The molecule has 0 aliphatic heterocycles. The lowest BCUT2D eigenvalue weighted by atomic mass is 10.6. The number of carbonyl (C=O) groups is 1. The maximum absolute atomic E-state index is 10.3. The van der Waals surface area contributed by atoms with Crippen molar-refractivity contribution in [3.63, 3.8) is 0 Å². The van der Waals surface area contributed by atoms with Crippen molar-refractivity contribution in [1.29, 1.82) is 0 Å². The van der Waals surface area contributed by atoms with E-state index in [-0.39, 0.29) is 5.88 Å². The molecule has 0 fully saturated rings. The molecule has 0 radical (unpaired) electrons. The van der Waals surface area contributed by atoms with E-state index in [0.717, 1.165) is 0 Å². The topological polar surface area (TPSA) is 81.0 Å². The van der Waals surface area contributed by atoms with Gasteiger partial charge in [0.15, 0.2) is 0 Å². The number of aromatic amines is 1. The number of anilines is 1. The van der Waals surface area contributed by atoms with Crippen LogP contribution < -0.4 is 10.5 Å². The predicted octanol–water partition coefficient (Wildman–Crippen LogP) is -0.0828. The normalized spacial score (nSPS) is 9.30. The molecule has 0 aromatic carbocycles. The summed E-state index contributed by atoms with van der Waals surface area (Å²) in [5, 5.41) is 5.99. The highest BCUT2D eigenvalue weighted by Gasteiger charge is 2.00. The first kappa shape index (κ1) is 6.60. The summed E-state index contributed by atoms with van der Waals surface area (Å²) < 4.78 is 4.57. The smallest absolute Gasteiger partial charge is 0.309 e. The van der Waals surface area contributed by atoms with Crippen molar-refractivity contribution in [3.05, 3.63) is 6.07 Å². The van der Waals surface area contributed by atoms with Crippen molar-refractivity contribution in [1.82, 2.24) is 10.2 Å². The number of nitrogens with two attached hydrogens (primary N) is 1. The van der Waals surface area contributed by atoms with E-state index in [2.05, 4.69) is 14.9 Å². The fourth-order valence-electron chi connectivity index (χ4n) is 0.517. The Morgan fingerprint density at radius 1 is 1.90 bits per heavy atom. The second-order valence-electron chi connectivity index (χ2n) is 1.76. The Bertz CT molecular complexity index is 243.